The van der Waals surface area contributed by atoms with Crippen LogP contribution < -0.4 is 16.0 Å². The summed E-state index contributed by atoms with van der Waals surface area (Å²) in [7, 11) is 0. The largest absolute Gasteiger partial charge is 0.394 e. The van der Waals surface area contributed by atoms with Crippen molar-refractivity contribution in [1.29, 1.82) is 0 Å². The van der Waals surface area contributed by atoms with Crippen molar-refractivity contribution < 1.29 is 148 Å². The van der Waals surface area contributed by atoms with E-state index in [1.165, 1.54) is 6.92 Å². The molecule has 0 radical (unpaired) electrons. The summed E-state index contributed by atoms with van der Waals surface area (Å²) in [6.45, 7) is 0.0715. The molecule has 6 aliphatic heterocycles. The number of carbonyl (C=O) groups is 3. The van der Waals surface area contributed by atoms with Crippen LogP contribution >= 0.6 is 0 Å². The van der Waals surface area contributed by atoms with E-state index in [1.807, 2.05) is 0 Å². The lowest BCUT2D eigenvalue weighted by Gasteiger charge is -2.49. The Morgan fingerprint density at radius 3 is 1.27 bits per heavy atom. The molecule has 1 unspecified atom stereocenters. The van der Waals surface area contributed by atoms with Gasteiger partial charge in [-0.15, -0.1) is 0 Å². The van der Waals surface area contributed by atoms with Crippen LogP contribution in [0, 0.1) is 0 Å². The third kappa shape index (κ3) is 13.9. The third-order valence-corrected chi connectivity index (χ3v) is 13.6. The molecular formula is C42H71N3O30. The molecule has 0 aromatic rings. The van der Waals surface area contributed by atoms with E-state index < -0.39 is 235 Å². The highest BCUT2D eigenvalue weighted by Crippen LogP contribution is 2.35. The summed E-state index contributed by atoms with van der Waals surface area (Å²) >= 11 is 0. The van der Waals surface area contributed by atoms with Gasteiger partial charge in [-0.2, -0.15) is 0 Å². The maximum atomic E-state index is 12.6. The first-order chi connectivity index (χ1) is 35.3. The van der Waals surface area contributed by atoms with Crippen molar-refractivity contribution in [2.45, 2.75) is 212 Å². The molecular weight excluding hydrogens is 1030 g/mol. The smallest absolute Gasteiger partial charge is 0.217 e. The van der Waals surface area contributed by atoms with E-state index in [0.717, 1.165) is 20.8 Å². The number of hydrogen-bond acceptors (Lipinski definition) is 30. The monoisotopic (exact) mass is 1100 g/mol. The zero-order valence-corrected chi connectivity index (χ0v) is 40.7. The summed E-state index contributed by atoms with van der Waals surface area (Å²) in [6.07, 6.45) is -49.7. The molecule has 0 aliphatic carbocycles. The van der Waals surface area contributed by atoms with Crippen molar-refractivity contribution in [2.24, 2.45) is 0 Å². The van der Waals surface area contributed by atoms with Gasteiger partial charge in [0.25, 0.3) is 0 Å². The summed E-state index contributed by atoms with van der Waals surface area (Å²) in [5.74, 6) is -2.32. The fraction of sp³-hybridized carbons (Fsp3) is 0.929. The summed E-state index contributed by atoms with van der Waals surface area (Å²) in [6, 6.07) is -4.82. The van der Waals surface area contributed by atoms with E-state index >= 15 is 0 Å². The van der Waals surface area contributed by atoms with Crippen LogP contribution in [-0.4, -0.2) is 317 Å². The molecule has 33 nitrogen and oxygen atoms in total. The van der Waals surface area contributed by atoms with E-state index in [4.69, 9.17) is 52.1 Å². The third-order valence-electron chi connectivity index (χ3n) is 13.6. The van der Waals surface area contributed by atoms with Gasteiger partial charge in [0.15, 0.2) is 37.7 Å². The molecule has 0 spiro atoms. The first-order valence-corrected chi connectivity index (χ1v) is 23.9. The van der Waals surface area contributed by atoms with Gasteiger partial charge in [0, 0.05) is 20.8 Å². The van der Waals surface area contributed by atoms with Crippen molar-refractivity contribution in [2.75, 3.05) is 33.0 Å². The molecule has 19 N–H and O–H groups in total. The molecule has 6 fully saturated rings. The van der Waals surface area contributed by atoms with Gasteiger partial charge in [-0.05, 0) is 6.92 Å². The van der Waals surface area contributed by atoms with Gasteiger partial charge in [-0.1, -0.05) is 0 Å². The average Bonchev–Trinajstić information content (AvgIpc) is 3.36. The molecule has 33 heteroatoms. The van der Waals surface area contributed by atoms with Crippen LogP contribution in [0.2, 0.25) is 0 Å². The Labute approximate surface area is 426 Å². The van der Waals surface area contributed by atoms with Crippen LogP contribution in [0.1, 0.15) is 27.7 Å². The second-order valence-electron chi connectivity index (χ2n) is 19.0. The van der Waals surface area contributed by atoms with Crippen LogP contribution in [-0.2, 0) is 66.5 Å². The topological polar surface area (TPSA) is 513 Å². The lowest BCUT2D eigenvalue weighted by atomic mass is 9.94. The molecule has 75 heavy (non-hydrogen) atoms. The lowest BCUT2D eigenvalue weighted by molar-refractivity contribution is -0.379. The molecule has 0 aromatic heterocycles. The minimum atomic E-state index is -2.27. The van der Waals surface area contributed by atoms with Gasteiger partial charge in [-0.25, -0.2) is 0 Å². The Bertz CT molecular complexity index is 1850. The second-order valence-corrected chi connectivity index (χ2v) is 19.0. The molecule has 0 bridgehead atoms. The highest BCUT2D eigenvalue weighted by molar-refractivity contribution is 5.74. The fourth-order valence-electron chi connectivity index (χ4n) is 9.46. The first-order valence-electron chi connectivity index (χ1n) is 23.9. The highest BCUT2D eigenvalue weighted by Gasteiger charge is 2.57. The molecule has 6 rings (SSSR count). The van der Waals surface area contributed by atoms with Crippen LogP contribution in [0.15, 0.2) is 0 Å². The summed E-state index contributed by atoms with van der Waals surface area (Å²) < 4.78 is 63.5. The number of carbonyl (C=O) groups excluding carboxylic acids is 3. The lowest BCUT2D eigenvalue weighted by Crippen LogP contribution is -2.69. The van der Waals surface area contributed by atoms with Gasteiger partial charge in [-0.3, -0.25) is 14.4 Å². The number of aliphatic hydroxyl groups excluding tert-OH is 16. The van der Waals surface area contributed by atoms with Crippen LogP contribution in [0.3, 0.4) is 0 Å². The second kappa shape index (κ2) is 26.5. The Morgan fingerprint density at radius 1 is 0.373 bits per heavy atom. The maximum absolute atomic E-state index is 12.6. The summed E-state index contributed by atoms with van der Waals surface area (Å²) in [4.78, 5) is 37.1. The molecule has 0 saturated carbocycles. The van der Waals surface area contributed by atoms with E-state index in [0.29, 0.717) is 0 Å². The number of ether oxygens (including phenoxy) is 11. The molecule has 3 amide bonds. The van der Waals surface area contributed by atoms with E-state index in [1.54, 1.807) is 0 Å². The van der Waals surface area contributed by atoms with Crippen LogP contribution in [0.25, 0.3) is 0 Å². The number of amides is 3. The average molecular weight is 1100 g/mol. The predicted octanol–water partition coefficient (Wildman–Crippen LogP) is -12.6. The minimum absolute atomic E-state index is 0.704. The van der Waals surface area contributed by atoms with Crippen LogP contribution in [0.4, 0.5) is 0 Å². The van der Waals surface area contributed by atoms with Crippen molar-refractivity contribution >= 4 is 17.7 Å². The Morgan fingerprint density at radius 2 is 0.733 bits per heavy atom. The van der Waals surface area contributed by atoms with Crippen molar-refractivity contribution in [1.82, 2.24) is 16.0 Å². The van der Waals surface area contributed by atoms with Gasteiger partial charge in [0.2, 0.25) is 17.7 Å². The Hall–Kier alpha value is -2.67. The quantitative estimate of drug-likeness (QED) is 0.0606. The number of hydrogen-bond donors (Lipinski definition) is 19. The first kappa shape index (κ1) is 61.5. The van der Waals surface area contributed by atoms with Crippen LogP contribution in [0.5, 0.6) is 0 Å². The number of aliphatic hydroxyl groups is 16. The summed E-state index contributed by atoms with van der Waals surface area (Å²) in [5, 5.41) is 180. The molecule has 6 heterocycles. The SMILES string of the molecule is CC(=O)N[C@H]1[C@H](OC[C@H]2OC(O)[C@H](NC(C)=O)[C@@H](O[C@@H]3O[C@H](CO[C@@H]4O[C@H](CO)[C@@H](O)[C@H](O[C@@H]5O[C@@H](C)[C@@H](O)[C@@H](O)[C@@H]5O)[C@H]4NC(C)=O)[C@H](O)[C@H](O[C@@H]4O[C@H](CO)[C@H](O)[C@H](O)[C@H]4O)[C@H]3O)[C@H]2O)O[C@H](CO)[C@@H](O)[C@@H]1O. The van der Waals surface area contributed by atoms with Gasteiger partial charge < -0.3 is 150 Å². The zero-order chi connectivity index (χ0) is 55.5. The van der Waals surface area contributed by atoms with Gasteiger partial charge >= 0.3 is 0 Å². The van der Waals surface area contributed by atoms with Gasteiger partial charge in [0.05, 0.1) is 39.1 Å². The number of nitrogens with one attached hydrogen (secondary N) is 3. The van der Waals surface area contributed by atoms with E-state index in [9.17, 15) is 96.1 Å². The normalized spacial score (nSPS) is 48.6. The number of rotatable bonds is 18. The molecule has 6 aliphatic rings. The maximum Gasteiger partial charge on any atom is 0.217 e. The van der Waals surface area contributed by atoms with Crippen molar-refractivity contribution in [3.8, 4) is 0 Å². The molecule has 434 valence electrons. The van der Waals surface area contributed by atoms with Crippen molar-refractivity contribution in [3.63, 3.8) is 0 Å². The highest BCUT2D eigenvalue weighted by atomic mass is 16.8. The predicted molar refractivity (Wildman–Crippen MR) is 233 cm³/mol. The molecule has 0 aromatic carbocycles. The van der Waals surface area contributed by atoms with E-state index in [2.05, 4.69) is 16.0 Å². The Balaban J connectivity index is 1.29. The Kier molecular flexibility index (Phi) is 21.8. The fourth-order valence-corrected chi connectivity index (χ4v) is 9.46. The minimum Gasteiger partial charge on any atom is -0.394 e. The standard InChI is InChI=1S/C42H71N3O30/c1-10-22(52)29(59)31(61)40(67-10)74-35-21(45-13(4)51)39(70-16(7-48)25(35)55)66-9-18-27(57)36(75-41-32(62)30(60)24(54)15(6-47)71-41)33(63)42(72-18)73-34-20(44-12(3)50)37(64)68-17(26(34)56)8-65-38-19(43-11(2)49)28(58)23(53)14(5-46)69-38/h10,14-42,46-48,52-64H,5-9H2,1-4H3,(H,43,49)(H,44,50)(H,45,51)/t10-,14+,15+,16+,17+,18+,19+,20+,21+,22+,23+,24-,25+,26-,27-,28+,29+,30-,31-,32+,33+,34+,35+,36-,37?,38+,39+,40-,41-,42-/m0/s1. The zero-order valence-electron chi connectivity index (χ0n) is 40.7. The van der Waals surface area contributed by atoms with Crippen molar-refractivity contribution in [3.05, 3.63) is 0 Å². The molecule has 6 saturated heterocycles. The van der Waals surface area contributed by atoms with Gasteiger partial charge in [0.1, 0.15) is 140 Å². The summed E-state index contributed by atoms with van der Waals surface area (Å²) in [5.41, 5.74) is 0. The molecule has 30 atom stereocenters. The van der Waals surface area contributed by atoms with E-state index in [-0.39, 0.29) is 0 Å².